The lowest BCUT2D eigenvalue weighted by atomic mass is 9.78. The number of carboxylic acids is 1. The van der Waals surface area contributed by atoms with Crippen molar-refractivity contribution in [3.8, 4) is 0 Å². The van der Waals surface area contributed by atoms with Gasteiger partial charge in [-0.15, -0.1) is 0 Å². The second kappa shape index (κ2) is 8.01. The van der Waals surface area contributed by atoms with Crippen molar-refractivity contribution in [3.63, 3.8) is 0 Å². The number of carboxylic acid groups (broad SMARTS) is 1. The van der Waals surface area contributed by atoms with Crippen LogP contribution in [-0.4, -0.2) is 30.6 Å². The van der Waals surface area contributed by atoms with E-state index in [1.165, 1.54) is 30.3 Å². The molecular formula is C18H21N3O6S. The van der Waals surface area contributed by atoms with E-state index in [2.05, 4.69) is 15.2 Å². The van der Waals surface area contributed by atoms with E-state index in [1.807, 2.05) is 0 Å². The quantitative estimate of drug-likeness (QED) is 0.669. The van der Waals surface area contributed by atoms with Crippen LogP contribution in [0.4, 0.5) is 11.5 Å². The number of rotatable bonds is 6. The maximum absolute atomic E-state index is 12.5. The predicted octanol–water partition coefficient (Wildman–Crippen LogP) is 2.61. The molecule has 150 valence electrons. The van der Waals surface area contributed by atoms with Crippen LogP contribution >= 0.6 is 0 Å². The number of benzene rings is 1. The first-order valence-corrected chi connectivity index (χ1v) is 10.3. The summed E-state index contributed by atoms with van der Waals surface area (Å²) < 4.78 is 31.9. The Labute approximate surface area is 162 Å². The highest BCUT2D eigenvalue weighted by molar-refractivity contribution is 7.92. The van der Waals surface area contributed by atoms with Crippen LogP contribution in [0.25, 0.3) is 0 Å². The maximum Gasteiger partial charge on any atom is 0.307 e. The van der Waals surface area contributed by atoms with Gasteiger partial charge in [0.25, 0.3) is 10.0 Å². The van der Waals surface area contributed by atoms with E-state index in [0.717, 1.165) is 12.8 Å². The molecule has 3 rings (SSSR count). The molecule has 2 atom stereocenters. The third-order valence-corrected chi connectivity index (χ3v) is 6.09. The highest BCUT2D eigenvalue weighted by Gasteiger charge is 2.35. The van der Waals surface area contributed by atoms with E-state index in [1.54, 1.807) is 6.92 Å². The van der Waals surface area contributed by atoms with Crippen molar-refractivity contribution in [3.05, 3.63) is 36.1 Å². The average molecular weight is 407 g/mol. The Morgan fingerprint density at radius 2 is 1.79 bits per heavy atom. The highest BCUT2D eigenvalue weighted by atomic mass is 32.2. The zero-order valence-electron chi connectivity index (χ0n) is 15.2. The van der Waals surface area contributed by atoms with Gasteiger partial charge in [-0.05, 0) is 44.0 Å². The van der Waals surface area contributed by atoms with E-state index in [9.17, 15) is 23.1 Å². The van der Waals surface area contributed by atoms with Crippen LogP contribution in [0.15, 0.2) is 39.8 Å². The second-order valence-corrected chi connectivity index (χ2v) is 8.46. The molecule has 1 heterocycles. The van der Waals surface area contributed by atoms with Gasteiger partial charge in [-0.3, -0.25) is 14.3 Å². The van der Waals surface area contributed by atoms with Gasteiger partial charge in [0, 0.05) is 11.8 Å². The summed E-state index contributed by atoms with van der Waals surface area (Å²) >= 11 is 0. The van der Waals surface area contributed by atoms with E-state index >= 15 is 0 Å². The molecule has 1 aromatic heterocycles. The minimum Gasteiger partial charge on any atom is -0.481 e. The molecule has 3 N–H and O–H groups in total. The Bertz CT molecular complexity index is 967. The Morgan fingerprint density at radius 1 is 1.14 bits per heavy atom. The molecule has 0 spiro atoms. The molecule has 1 aliphatic carbocycles. The Hall–Kier alpha value is -2.88. The highest BCUT2D eigenvalue weighted by Crippen LogP contribution is 2.31. The summed E-state index contributed by atoms with van der Waals surface area (Å²) in [5, 5.41) is 15.6. The summed E-state index contributed by atoms with van der Waals surface area (Å²) in [4.78, 5) is 23.8. The fourth-order valence-corrected chi connectivity index (χ4v) is 4.29. The molecule has 0 saturated heterocycles. The van der Waals surface area contributed by atoms with Crippen LogP contribution in [0, 0.1) is 18.8 Å². The zero-order valence-corrected chi connectivity index (χ0v) is 16.0. The standard InChI is InChI=1S/C18H21N3O6S/c1-11-10-16(20-27-11)21-28(25,26)13-8-6-12(7-9-13)19-17(22)14-4-2-3-5-15(14)18(23)24/h6-10,14-15H,2-5H2,1H3,(H,19,22)(H,20,21)(H,23,24)/t14?,15-/m0/s1. The predicted molar refractivity (Wildman–Crippen MR) is 100 cm³/mol. The molecule has 1 unspecified atom stereocenters. The number of anilines is 2. The Balaban J connectivity index is 1.68. The number of carbonyl (C=O) groups is 2. The van der Waals surface area contributed by atoms with Gasteiger partial charge in [-0.2, -0.15) is 0 Å². The van der Waals surface area contributed by atoms with Crippen LogP contribution in [0.5, 0.6) is 0 Å². The smallest absolute Gasteiger partial charge is 0.307 e. The summed E-state index contributed by atoms with van der Waals surface area (Å²) in [6, 6.07) is 7.06. The fraction of sp³-hybridized carbons (Fsp3) is 0.389. The molecule has 1 aromatic carbocycles. The van der Waals surface area contributed by atoms with Gasteiger partial charge >= 0.3 is 5.97 Å². The van der Waals surface area contributed by atoms with Crippen LogP contribution in [0.2, 0.25) is 0 Å². The number of sulfonamides is 1. The van der Waals surface area contributed by atoms with Crippen molar-refractivity contribution < 1.29 is 27.6 Å². The van der Waals surface area contributed by atoms with Gasteiger partial charge in [0.2, 0.25) is 5.91 Å². The summed E-state index contributed by atoms with van der Waals surface area (Å²) in [5.41, 5.74) is 0.399. The summed E-state index contributed by atoms with van der Waals surface area (Å²) in [6.07, 6.45) is 2.62. The minimum atomic E-state index is -3.85. The maximum atomic E-state index is 12.5. The number of amides is 1. The first-order chi connectivity index (χ1) is 13.3. The molecule has 0 bridgehead atoms. The fourth-order valence-electron chi connectivity index (χ4n) is 3.30. The Kier molecular flexibility index (Phi) is 5.68. The number of aromatic nitrogens is 1. The molecule has 9 nitrogen and oxygen atoms in total. The average Bonchev–Trinajstić information content (AvgIpc) is 3.06. The van der Waals surface area contributed by atoms with E-state index in [-0.39, 0.29) is 16.6 Å². The van der Waals surface area contributed by atoms with E-state index in [0.29, 0.717) is 24.3 Å². The number of aryl methyl sites for hydroxylation is 1. The lowest BCUT2D eigenvalue weighted by Gasteiger charge is -2.27. The molecule has 1 fully saturated rings. The van der Waals surface area contributed by atoms with Gasteiger partial charge < -0.3 is 14.9 Å². The van der Waals surface area contributed by atoms with Crippen LogP contribution < -0.4 is 10.0 Å². The molecule has 28 heavy (non-hydrogen) atoms. The molecule has 1 aliphatic rings. The van der Waals surface area contributed by atoms with Gasteiger partial charge in [0.1, 0.15) is 5.76 Å². The molecular weight excluding hydrogens is 386 g/mol. The normalized spacial score (nSPS) is 19.8. The molecule has 2 aromatic rings. The van der Waals surface area contributed by atoms with Crippen molar-refractivity contribution >= 4 is 33.4 Å². The molecule has 0 radical (unpaired) electrons. The summed E-state index contributed by atoms with van der Waals surface area (Å²) in [6.45, 7) is 1.64. The third kappa shape index (κ3) is 4.50. The van der Waals surface area contributed by atoms with E-state index in [4.69, 9.17) is 4.52 Å². The van der Waals surface area contributed by atoms with Crippen molar-refractivity contribution in [2.75, 3.05) is 10.0 Å². The minimum absolute atomic E-state index is 0.00719. The van der Waals surface area contributed by atoms with Crippen molar-refractivity contribution in [2.45, 2.75) is 37.5 Å². The van der Waals surface area contributed by atoms with Crippen molar-refractivity contribution in [1.82, 2.24) is 5.16 Å². The molecule has 1 saturated carbocycles. The van der Waals surface area contributed by atoms with Gasteiger partial charge in [-0.25, -0.2) is 8.42 Å². The molecule has 10 heteroatoms. The zero-order chi connectivity index (χ0) is 20.3. The molecule has 0 aliphatic heterocycles. The number of aliphatic carboxylic acids is 1. The van der Waals surface area contributed by atoms with E-state index < -0.39 is 27.8 Å². The molecule has 1 amide bonds. The summed E-state index contributed by atoms with van der Waals surface area (Å²) in [5.74, 6) is -2.06. The number of nitrogens with zero attached hydrogens (tertiary/aromatic N) is 1. The van der Waals surface area contributed by atoms with Crippen LogP contribution in [0.1, 0.15) is 31.4 Å². The second-order valence-electron chi connectivity index (χ2n) is 6.78. The first kappa shape index (κ1) is 19.9. The third-order valence-electron chi connectivity index (χ3n) is 4.72. The number of carbonyl (C=O) groups excluding carboxylic acids is 1. The lowest BCUT2D eigenvalue weighted by molar-refractivity contribution is -0.147. The number of hydrogen-bond acceptors (Lipinski definition) is 6. The topological polar surface area (TPSA) is 139 Å². The Morgan fingerprint density at radius 3 is 2.36 bits per heavy atom. The number of nitrogens with one attached hydrogen (secondary N) is 2. The largest absolute Gasteiger partial charge is 0.481 e. The van der Waals surface area contributed by atoms with Crippen molar-refractivity contribution in [1.29, 1.82) is 0 Å². The SMILES string of the molecule is Cc1cc(NS(=O)(=O)c2ccc(NC(=O)C3CCCC[C@@H]3C(=O)O)cc2)no1. The van der Waals surface area contributed by atoms with Crippen LogP contribution in [-0.2, 0) is 19.6 Å². The van der Waals surface area contributed by atoms with Gasteiger partial charge in [0.15, 0.2) is 5.82 Å². The lowest BCUT2D eigenvalue weighted by Crippen LogP contribution is -2.36. The van der Waals surface area contributed by atoms with Gasteiger partial charge in [0.05, 0.1) is 16.7 Å². The van der Waals surface area contributed by atoms with Crippen molar-refractivity contribution in [2.24, 2.45) is 11.8 Å². The number of hydrogen-bond donors (Lipinski definition) is 3. The van der Waals surface area contributed by atoms with Gasteiger partial charge in [-0.1, -0.05) is 18.0 Å². The summed E-state index contributed by atoms with van der Waals surface area (Å²) in [7, 11) is -3.85. The van der Waals surface area contributed by atoms with Crippen LogP contribution in [0.3, 0.4) is 0 Å². The monoisotopic (exact) mass is 407 g/mol. The first-order valence-electron chi connectivity index (χ1n) is 8.86.